The van der Waals surface area contributed by atoms with Crippen LogP contribution in [-0.2, 0) is 0 Å². The molecule has 18 heavy (non-hydrogen) atoms. The summed E-state index contributed by atoms with van der Waals surface area (Å²) in [5.74, 6) is 0.688. The fourth-order valence-corrected chi connectivity index (χ4v) is 3.50. The maximum Gasteiger partial charge on any atom is 0.226 e. The molecule has 1 fully saturated rings. The normalized spacial score (nSPS) is 24.1. The number of nitrogens with one attached hydrogen (secondary N) is 1. The van der Waals surface area contributed by atoms with Gasteiger partial charge in [-0.15, -0.1) is 0 Å². The van der Waals surface area contributed by atoms with Crippen LogP contribution in [0.5, 0.6) is 0 Å². The molecule has 0 radical (unpaired) electrons. The average molecular weight is 265 g/mol. The predicted octanol–water partition coefficient (Wildman–Crippen LogP) is 1.40. The molecule has 2 heterocycles. The van der Waals surface area contributed by atoms with Gasteiger partial charge in [0.1, 0.15) is 11.5 Å². The van der Waals surface area contributed by atoms with Gasteiger partial charge in [0.25, 0.3) is 0 Å². The first-order chi connectivity index (χ1) is 8.45. The Bertz CT molecular complexity index is 452. The number of aromatic nitrogens is 2. The van der Waals surface area contributed by atoms with Crippen LogP contribution in [-0.4, -0.2) is 39.4 Å². The Balaban J connectivity index is 2.29. The van der Waals surface area contributed by atoms with Crippen molar-refractivity contribution in [1.29, 1.82) is 5.41 Å². The van der Waals surface area contributed by atoms with Crippen LogP contribution < -0.4 is 10.6 Å². The zero-order valence-electron chi connectivity index (χ0n) is 11.0. The number of aryl methyl sites for hydroxylation is 1. The van der Waals surface area contributed by atoms with Crippen molar-refractivity contribution in [2.45, 2.75) is 31.3 Å². The molecule has 1 aromatic heterocycles. The highest BCUT2D eigenvalue weighted by molar-refractivity contribution is 8.00. The minimum atomic E-state index is -0.00534. The van der Waals surface area contributed by atoms with Crippen molar-refractivity contribution in [1.82, 2.24) is 9.97 Å². The third-order valence-corrected chi connectivity index (χ3v) is 4.05. The molecule has 0 spiro atoms. The summed E-state index contributed by atoms with van der Waals surface area (Å²) in [5.41, 5.74) is 6.87. The van der Waals surface area contributed by atoms with E-state index in [0.29, 0.717) is 22.1 Å². The van der Waals surface area contributed by atoms with Gasteiger partial charge in [-0.05, 0) is 13.0 Å². The summed E-state index contributed by atoms with van der Waals surface area (Å²) in [5, 5.41) is 8.62. The van der Waals surface area contributed by atoms with Gasteiger partial charge in [-0.2, -0.15) is 11.8 Å². The number of hydrogen-bond donors (Lipinski definition) is 2. The zero-order valence-corrected chi connectivity index (χ0v) is 11.8. The summed E-state index contributed by atoms with van der Waals surface area (Å²) in [7, 11) is 0. The number of amidine groups is 1. The van der Waals surface area contributed by atoms with E-state index >= 15 is 0 Å². The molecule has 98 valence electrons. The molecule has 0 aromatic carbocycles. The summed E-state index contributed by atoms with van der Waals surface area (Å²) >= 11 is 1.99. The van der Waals surface area contributed by atoms with Crippen LogP contribution in [0.15, 0.2) is 6.07 Å². The summed E-state index contributed by atoms with van der Waals surface area (Å²) in [6.45, 7) is 8.22. The van der Waals surface area contributed by atoms with Crippen LogP contribution in [0.3, 0.4) is 0 Å². The number of anilines is 1. The number of hydrogen-bond acceptors (Lipinski definition) is 5. The van der Waals surface area contributed by atoms with E-state index in [1.807, 2.05) is 18.7 Å². The molecule has 1 aliphatic heterocycles. The van der Waals surface area contributed by atoms with Gasteiger partial charge >= 0.3 is 0 Å². The van der Waals surface area contributed by atoms with Crippen LogP contribution in [0.1, 0.15) is 25.2 Å². The van der Waals surface area contributed by atoms with Crippen molar-refractivity contribution in [2.24, 2.45) is 5.73 Å². The van der Waals surface area contributed by atoms with Gasteiger partial charge in [0.15, 0.2) is 0 Å². The Morgan fingerprint density at radius 3 is 2.56 bits per heavy atom. The van der Waals surface area contributed by atoms with Crippen LogP contribution in [0, 0.1) is 12.3 Å². The molecule has 2 rings (SSSR count). The first-order valence-electron chi connectivity index (χ1n) is 6.06. The average Bonchev–Trinajstić information content (AvgIpc) is 2.26. The molecule has 0 aliphatic carbocycles. The smallest absolute Gasteiger partial charge is 0.226 e. The molecule has 0 amide bonds. The van der Waals surface area contributed by atoms with Crippen molar-refractivity contribution in [3.63, 3.8) is 0 Å². The van der Waals surface area contributed by atoms with E-state index in [1.165, 1.54) is 0 Å². The molecule has 0 saturated carbocycles. The molecule has 6 heteroatoms. The summed E-state index contributed by atoms with van der Waals surface area (Å²) in [4.78, 5) is 11.0. The number of nitrogens with zero attached hydrogens (tertiary/aromatic N) is 3. The maximum absolute atomic E-state index is 7.49. The lowest BCUT2D eigenvalue weighted by Crippen LogP contribution is -2.41. The third kappa shape index (κ3) is 2.93. The lowest BCUT2D eigenvalue weighted by atomic mass is 10.3. The van der Waals surface area contributed by atoms with Gasteiger partial charge in [-0.3, -0.25) is 5.41 Å². The van der Waals surface area contributed by atoms with Gasteiger partial charge in [0, 0.05) is 29.3 Å². The van der Waals surface area contributed by atoms with Gasteiger partial charge in [-0.1, -0.05) is 13.8 Å². The third-order valence-electron chi connectivity index (χ3n) is 2.82. The van der Waals surface area contributed by atoms with Crippen LogP contribution in [0.4, 0.5) is 5.95 Å². The molecule has 2 atom stereocenters. The highest BCUT2D eigenvalue weighted by Gasteiger charge is 2.24. The second-order valence-corrected chi connectivity index (χ2v) is 6.65. The molecule has 1 aliphatic rings. The highest BCUT2D eigenvalue weighted by Crippen LogP contribution is 2.27. The molecule has 3 N–H and O–H groups in total. The topological polar surface area (TPSA) is 78.9 Å². The van der Waals surface area contributed by atoms with Gasteiger partial charge < -0.3 is 10.6 Å². The van der Waals surface area contributed by atoms with Crippen molar-refractivity contribution in [3.8, 4) is 0 Å². The summed E-state index contributed by atoms with van der Waals surface area (Å²) in [6.07, 6.45) is 0. The standard InChI is InChI=1S/C12H19N5S/c1-7-4-10(11(13)14)16-12(15-7)17-5-8(2)18-9(3)6-17/h4,8-9H,5-6H2,1-3H3,(H3,13,14). The first kappa shape index (κ1) is 13.1. The zero-order chi connectivity index (χ0) is 13.3. The Morgan fingerprint density at radius 2 is 2.00 bits per heavy atom. The van der Waals surface area contributed by atoms with Crippen LogP contribution in [0.2, 0.25) is 0 Å². The van der Waals surface area contributed by atoms with Crippen molar-refractivity contribution < 1.29 is 0 Å². The molecule has 2 unspecified atom stereocenters. The van der Waals surface area contributed by atoms with E-state index in [-0.39, 0.29) is 5.84 Å². The number of nitrogens with two attached hydrogens (primary N) is 1. The Morgan fingerprint density at radius 1 is 1.39 bits per heavy atom. The quantitative estimate of drug-likeness (QED) is 0.624. The lowest BCUT2D eigenvalue weighted by molar-refractivity contribution is 0.704. The minimum absolute atomic E-state index is 0.00534. The largest absolute Gasteiger partial charge is 0.382 e. The Labute approximate surface area is 112 Å². The van der Waals surface area contributed by atoms with Gasteiger partial charge in [-0.25, -0.2) is 9.97 Å². The van der Waals surface area contributed by atoms with E-state index in [9.17, 15) is 0 Å². The van der Waals surface area contributed by atoms with E-state index in [4.69, 9.17) is 11.1 Å². The SMILES string of the molecule is Cc1cc(C(=N)N)nc(N2CC(C)SC(C)C2)n1. The number of rotatable bonds is 2. The van der Waals surface area contributed by atoms with Gasteiger partial charge in [0.2, 0.25) is 5.95 Å². The van der Waals surface area contributed by atoms with E-state index in [2.05, 4.69) is 28.7 Å². The first-order valence-corrected chi connectivity index (χ1v) is 7.00. The predicted molar refractivity (Wildman–Crippen MR) is 76.5 cm³/mol. The number of thioether (sulfide) groups is 1. The molecule has 1 aromatic rings. The summed E-state index contributed by atoms with van der Waals surface area (Å²) < 4.78 is 0. The second kappa shape index (κ2) is 5.14. The Kier molecular flexibility index (Phi) is 3.75. The second-order valence-electron chi connectivity index (χ2n) is 4.77. The fourth-order valence-electron chi connectivity index (χ4n) is 2.17. The van der Waals surface area contributed by atoms with E-state index in [1.54, 1.807) is 6.07 Å². The van der Waals surface area contributed by atoms with E-state index < -0.39 is 0 Å². The van der Waals surface area contributed by atoms with Crippen molar-refractivity contribution in [2.75, 3.05) is 18.0 Å². The molecular weight excluding hydrogens is 246 g/mol. The molecule has 5 nitrogen and oxygen atoms in total. The highest BCUT2D eigenvalue weighted by atomic mass is 32.2. The van der Waals surface area contributed by atoms with E-state index in [0.717, 1.165) is 18.8 Å². The molecule has 1 saturated heterocycles. The van der Waals surface area contributed by atoms with Crippen LogP contribution in [0.25, 0.3) is 0 Å². The Hall–Kier alpha value is -1.30. The lowest BCUT2D eigenvalue weighted by Gasteiger charge is -2.34. The maximum atomic E-state index is 7.49. The monoisotopic (exact) mass is 265 g/mol. The van der Waals surface area contributed by atoms with Crippen LogP contribution >= 0.6 is 11.8 Å². The van der Waals surface area contributed by atoms with Crippen molar-refractivity contribution >= 4 is 23.5 Å². The minimum Gasteiger partial charge on any atom is -0.382 e. The molecule has 0 bridgehead atoms. The molecular formula is C12H19N5S. The van der Waals surface area contributed by atoms with Gasteiger partial charge in [0.05, 0.1) is 0 Å². The number of nitrogen functional groups attached to an aromatic ring is 1. The van der Waals surface area contributed by atoms with Crippen molar-refractivity contribution in [3.05, 3.63) is 17.5 Å². The fraction of sp³-hybridized carbons (Fsp3) is 0.583. The summed E-state index contributed by atoms with van der Waals surface area (Å²) in [6, 6.07) is 1.75.